The number of aliphatic carboxylic acids is 1. The minimum absolute atomic E-state index is 0.407. The Kier molecular flexibility index (Phi) is 2.26. The molecule has 1 aliphatic rings. The van der Waals surface area contributed by atoms with Gasteiger partial charge >= 0.3 is 5.97 Å². The fraction of sp³-hybridized carbons (Fsp3) is 0.286. The van der Waals surface area contributed by atoms with Crippen LogP contribution in [-0.2, 0) is 4.79 Å². The van der Waals surface area contributed by atoms with Crippen molar-refractivity contribution in [1.29, 1.82) is 0 Å². The van der Waals surface area contributed by atoms with E-state index in [9.17, 15) is 4.79 Å². The Morgan fingerprint density at radius 3 is 2.46 bits per heavy atom. The molecule has 0 heterocycles. The van der Waals surface area contributed by atoms with E-state index >= 15 is 0 Å². The number of carboxylic acid groups (broad SMARTS) is 1. The molecule has 0 radical (unpaired) electrons. The Bertz CT molecular complexity index is 306. The Labute approximate surface area is 73.2 Å². The molecule has 0 aromatic carbocycles. The highest BCUT2D eigenvalue weighted by Crippen LogP contribution is 2.20. The van der Waals surface area contributed by atoms with Crippen LogP contribution in [0.5, 0.6) is 0 Å². The van der Waals surface area contributed by atoms with Crippen LogP contribution in [0.4, 0.5) is 0 Å². The van der Waals surface area contributed by atoms with Gasteiger partial charge in [-0.15, -0.1) is 0 Å². The summed E-state index contributed by atoms with van der Waals surface area (Å²) in [7, 11) is 0. The molecule has 2 unspecified atom stereocenters. The van der Waals surface area contributed by atoms with Crippen molar-refractivity contribution in [1.82, 2.24) is 0 Å². The molecule has 0 saturated carbocycles. The molecule has 0 fully saturated rings. The zero-order valence-corrected chi connectivity index (χ0v) is 6.51. The molecular weight excluding hydrogens is 178 g/mol. The molecule has 0 aromatic rings. The zero-order chi connectivity index (χ0) is 10.2. The Hall–Kier alpha value is -1.53. The first kappa shape index (κ1) is 9.56. The van der Waals surface area contributed by atoms with Crippen LogP contribution >= 0.6 is 0 Å². The maximum absolute atomic E-state index is 10.5. The van der Waals surface area contributed by atoms with Gasteiger partial charge in [0.15, 0.2) is 0 Å². The van der Waals surface area contributed by atoms with E-state index in [0.29, 0.717) is 0 Å². The molecular formula is C7H9NO5. The van der Waals surface area contributed by atoms with Crippen LogP contribution in [0.2, 0.25) is 0 Å². The monoisotopic (exact) mass is 187 g/mol. The maximum atomic E-state index is 10.5. The van der Waals surface area contributed by atoms with Crippen molar-refractivity contribution in [2.45, 2.75) is 12.2 Å². The number of carboxylic acids is 1. The van der Waals surface area contributed by atoms with Crippen LogP contribution in [0, 0.1) is 0 Å². The van der Waals surface area contributed by atoms with E-state index in [-0.39, 0.29) is 0 Å². The lowest BCUT2D eigenvalue weighted by atomic mass is 9.98. The second-order valence-corrected chi connectivity index (χ2v) is 2.62. The Balaban J connectivity index is 3.13. The second-order valence-electron chi connectivity index (χ2n) is 2.62. The van der Waals surface area contributed by atoms with Crippen LogP contribution in [0.15, 0.2) is 23.1 Å². The van der Waals surface area contributed by atoms with Gasteiger partial charge in [0.05, 0.1) is 11.3 Å². The van der Waals surface area contributed by atoms with E-state index in [2.05, 4.69) is 0 Å². The van der Waals surface area contributed by atoms with Crippen LogP contribution in [0.1, 0.15) is 0 Å². The van der Waals surface area contributed by atoms with Gasteiger partial charge in [0.25, 0.3) is 0 Å². The van der Waals surface area contributed by atoms with E-state index < -0.39 is 35.2 Å². The first-order valence-electron chi connectivity index (χ1n) is 3.45. The smallest absolute Gasteiger partial charge is 0.337 e. The van der Waals surface area contributed by atoms with E-state index in [0.717, 1.165) is 6.08 Å². The lowest BCUT2D eigenvalue weighted by Crippen LogP contribution is -2.34. The van der Waals surface area contributed by atoms with Crippen LogP contribution in [-0.4, -0.2) is 38.6 Å². The molecule has 0 spiro atoms. The van der Waals surface area contributed by atoms with Gasteiger partial charge in [0.2, 0.25) is 0 Å². The third kappa shape index (κ3) is 1.49. The van der Waals surface area contributed by atoms with Crippen LogP contribution < -0.4 is 5.73 Å². The molecule has 0 bridgehead atoms. The zero-order valence-electron chi connectivity index (χ0n) is 6.51. The first-order valence-corrected chi connectivity index (χ1v) is 3.45. The predicted molar refractivity (Wildman–Crippen MR) is 41.6 cm³/mol. The third-order valence-electron chi connectivity index (χ3n) is 1.74. The number of nitrogens with two attached hydrogens (primary N) is 1. The highest BCUT2D eigenvalue weighted by Gasteiger charge is 2.30. The molecule has 0 amide bonds. The fourth-order valence-electron chi connectivity index (χ4n) is 0.997. The minimum atomic E-state index is -1.55. The highest BCUT2D eigenvalue weighted by atomic mass is 16.4. The van der Waals surface area contributed by atoms with Gasteiger partial charge in [-0.25, -0.2) is 4.79 Å². The van der Waals surface area contributed by atoms with Crippen molar-refractivity contribution in [3.8, 4) is 0 Å². The number of hydrogen-bond donors (Lipinski definition) is 5. The number of rotatable bonds is 1. The summed E-state index contributed by atoms with van der Waals surface area (Å²) in [5, 5.41) is 35.7. The largest absolute Gasteiger partial charge is 0.507 e. The lowest BCUT2D eigenvalue weighted by molar-refractivity contribution is -0.132. The number of aliphatic hydroxyl groups excluding tert-OH is 3. The molecule has 72 valence electrons. The summed E-state index contributed by atoms with van der Waals surface area (Å²) in [4.78, 5) is 10.5. The third-order valence-corrected chi connectivity index (χ3v) is 1.74. The van der Waals surface area contributed by atoms with Gasteiger partial charge in [-0.1, -0.05) is 0 Å². The summed E-state index contributed by atoms with van der Waals surface area (Å²) in [6.45, 7) is 0. The SMILES string of the molecule is NC1=C(O)C(O)C(O)C=C1C(=O)O. The van der Waals surface area contributed by atoms with Crippen LogP contribution in [0.25, 0.3) is 0 Å². The molecule has 6 N–H and O–H groups in total. The quantitative estimate of drug-likeness (QED) is 0.339. The number of aliphatic hydroxyl groups is 3. The van der Waals surface area contributed by atoms with Crippen molar-refractivity contribution in [2.24, 2.45) is 5.73 Å². The molecule has 0 saturated heterocycles. The molecule has 6 heteroatoms. The first-order chi connectivity index (χ1) is 5.95. The summed E-state index contributed by atoms with van der Waals surface area (Å²) < 4.78 is 0. The molecule has 2 atom stereocenters. The van der Waals surface area contributed by atoms with Crippen molar-refractivity contribution < 1.29 is 25.2 Å². The van der Waals surface area contributed by atoms with Gasteiger partial charge in [-0.2, -0.15) is 0 Å². The summed E-state index contributed by atoms with van der Waals surface area (Å²) in [5.41, 5.74) is 4.35. The average molecular weight is 187 g/mol. The topological polar surface area (TPSA) is 124 Å². The van der Waals surface area contributed by atoms with E-state index in [1.807, 2.05) is 0 Å². The summed E-state index contributed by atoms with van der Waals surface area (Å²) >= 11 is 0. The van der Waals surface area contributed by atoms with Crippen molar-refractivity contribution in [3.05, 3.63) is 23.1 Å². The van der Waals surface area contributed by atoms with Gasteiger partial charge < -0.3 is 26.2 Å². The summed E-state index contributed by atoms with van der Waals surface area (Å²) in [6, 6.07) is 0. The molecule has 0 aromatic heterocycles. The molecule has 1 aliphatic carbocycles. The maximum Gasteiger partial charge on any atom is 0.337 e. The van der Waals surface area contributed by atoms with Gasteiger partial charge in [0.1, 0.15) is 18.0 Å². The molecule has 13 heavy (non-hydrogen) atoms. The van der Waals surface area contributed by atoms with E-state index in [1.165, 1.54) is 0 Å². The summed E-state index contributed by atoms with van der Waals surface area (Å²) in [6.07, 6.45) is -2.12. The number of hydrogen-bond acceptors (Lipinski definition) is 5. The molecule has 6 nitrogen and oxygen atoms in total. The fourth-order valence-corrected chi connectivity index (χ4v) is 0.997. The molecule has 0 aliphatic heterocycles. The summed E-state index contributed by atoms with van der Waals surface area (Å²) in [5.74, 6) is -2.08. The van der Waals surface area contributed by atoms with Crippen molar-refractivity contribution in [3.63, 3.8) is 0 Å². The normalized spacial score (nSPS) is 28.6. The lowest BCUT2D eigenvalue weighted by Gasteiger charge is -2.21. The minimum Gasteiger partial charge on any atom is -0.507 e. The van der Waals surface area contributed by atoms with Gasteiger partial charge in [0, 0.05) is 0 Å². The van der Waals surface area contributed by atoms with E-state index in [1.54, 1.807) is 0 Å². The predicted octanol–water partition coefficient (Wildman–Crippen LogP) is -1.54. The van der Waals surface area contributed by atoms with Gasteiger partial charge in [-0.05, 0) is 6.08 Å². The van der Waals surface area contributed by atoms with Crippen molar-refractivity contribution in [2.75, 3.05) is 0 Å². The van der Waals surface area contributed by atoms with Crippen molar-refractivity contribution >= 4 is 5.97 Å². The Morgan fingerprint density at radius 2 is 2.00 bits per heavy atom. The average Bonchev–Trinajstić information content (AvgIpc) is 2.07. The Morgan fingerprint density at radius 1 is 1.46 bits per heavy atom. The second kappa shape index (κ2) is 3.08. The molecule has 1 rings (SSSR count). The standard InChI is InChI=1S/C7H9NO5/c8-4-2(7(12)13)1-3(9)5(10)6(4)11/h1,3,5,9-11H,8H2,(H,12,13). The number of carbonyl (C=O) groups is 1. The van der Waals surface area contributed by atoms with E-state index in [4.69, 9.17) is 26.2 Å². The van der Waals surface area contributed by atoms with Crippen LogP contribution in [0.3, 0.4) is 0 Å². The highest BCUT2D eigenvalue weighted by molar-refractivity contribution is 5.92. The van der Waals surface area contributed by atoms with Gasteiger partial charge in [-0.3, -0.25) is 0 Å².